The number of anilines is 1. The molecule has 1 heterocycles. The average molecular weight is 368 g/mol. The van der Waals surface area contributed by atoms with Crippen LogP contribution < -0.4 is 10.1 Å². The van der Waals surface area contributed by atoms with E-state index in [4.69, 9.17) is 21.1 Å². The van der Waals surface area contributed by atoms with Crippen LogP contribution in [0, 0.1) is 6.92 Å². The largest absolute Gasteiger partial charge is 0.495 e. The van der Waals surface area contributed by atoms with E-state index >= 15 is 0 Å². The third kappa shape index (κ3) is 4.72. The van der Waals surface area contributed by atoms with Gasteiger partial charge in [0.2, 0.25) is 0 Å². The SMILES string of the molecule is COc1cc(Cl)c(C)cc1NC(=O)C(C)OC(=O)Cc1cccs1. The molecule has 1 atom stereocenters. The second-order valence-electron chi connectivity index (χ2n) is 5.18. The number of halogens is 1. The lowest BCUT2D eigenvalue weighted by molar-refractivity contribution is -0.152. The first-order valence-electron chi connectivity index (χ1n) is 7.27. The van der Waals surface area contributed by atoms with Gasteiger partial charge in [-0.1, -0.05) is 17.7 Å². The van der Waals surface area contributed by atoms with E-state index in [1.165, 1.54) is 25.4 Å². The van der Waals surface area contributed by atoms with Crippen LogP contribution in [0.4, 0.5) is 5.69 Å². The third-order valence-corrected chi connectivity index (χ3v) is 4.60. The quantitative estimate of drug-likeness (QED) is 0.788. The van der Waals surface area contributed by atoms with Crippen molar-refractivity contribution in [2.45, 2.75) is 26.4 Å². The van der Waals surface area contributed by atoms with Gasteiger partial charge in [0, 0.05) is 16.0 Å². The summed E-state index contributed by atoms with van der Waals surface area (Å²) in [4.78, 5) is 25.0. The van der Waals surface area contributed by atoms with Crippen molar-refractivity contribution in [3.8, 4) is 5.75 Å². The smallest absolute Gasteiger partial charge is 0.311 e. The molecule has 1 amide bonds. The molecular weight excluding hydrogens is 350 g/mol. The predicted molar refractivity (Wildman–Crippen MR) is 94.9 cm³/mol. The zero-order valence-corrected chi connectivity index (χ0v) is 15.2. The van der Waals surface area contributed by atoms with Crippen LogP contribution in [0.25, 0.3) is 0 Å². The highest BCUT2D eigenvalue weighted by molar-refractivity contribution is 7.10. The zero-order chi connectivity index (χ0) is 17.7. The molecule has 5 nitrogen and oxygen atoms in total. The fraction of sp³-hybridized carbons (Fsp3) is 0.294. The van der Waals surface area contributed by atoms with E-state index in [0.717, 1.165) is 10.4 Å². The molecule has 2 rings (SSSR count). The number of thiophene rings is 1. The Morgan fingerprint density at radius 3 is 2.75 bits per heavy atom. The van der Waals surface area contributed by atoms with Gasteiger partial charge in [-0.05, 0) is 36.9 Å². The predicted octanol–water partition coefficient (Wildman–Crippen LogP) is 3.83. The standard InChI is InChI=1S/C17H18ClNO4S/c1-10-7-14(15(22-3)9-13(10)18)19-17(21)11(2)23-16(20)8-12-5-4-6-24-12/h4-7,9,11H,8H2,1-3H3,(H,19,21). The maximum absolute atomic E-state index is 12.2. The fourth-order valence-corrected chi connectivity index (χ4v) is 2.86. The minimum Gasteiger partial charge on any atom is -0.495 e. The number of nitrogens with one attached hydrogen (secondary N) is 1. The number of methoxy groups -OCH3 is 1. The molecule has 0 spiro atoms. The normalized spacial score (nSPS) is 11.7. The Balaban J connectivity index is 1.98. The van der Waals surface area contributed by atoms with Crippen molar-refractivity contribution < 1.29 is 19.1 Å². The highest BCUT2D eigenvalue weighted by Crippen LogP contribution is 2.31. The average Bonchev–Trinajstić information content (AvgIpc) is 3.03. The van der Waals surface area contributed by atoms with Gasteiger partial charge in [0.15, 0.2) is 6.10 Å². The summed E-state index contributed by atoms with van der Waals surface area (Å²) in [6, 6.07) is 7.04. The first-order chi connectivity index (χ1) is 11.4. The summed E-state index contributed by atoms with van der Waals surface area (Å²) in [5, 5.41) is 5.12. The van der Waals surface area contributed by atoms with Gasteiger partial charge in [-0.2, -0.15) is 0 Å². The number of amides is 1. The molecule has 0 aliphatic rings. The van der Waals surface area contributed by atoms with Gasteiger partial charge < -0.3 is 14.8 Å². The molecule has 0 saturated carbocycles. The van der Waals surface area contributed by atoms with Gasteiger partial charge >= 0.3 is 5.97 Å². The van der Waals surface area contributed by atoms with Crippen molar-refractivity contribution in [2.24, 2.45) is 0 Å². The number of esters is 1. The molecule has 0 aliphatic heterocycles. The third-order valence-electron chi connectivity index (χ3n) is 3.31. The van der Waals surface area contributed by atoms with E-state index in [0.29, 0.717) is 16.5 Å². The molecule has 1 aromatic carbocycles. The Kier molecular flexibility index (Phi) is 6.23. The van der Waals surface area contributed by atoms with Gasteiger partial charge in [-0.3, -0.25) is 9.59 Å². The monoisotopic (exact) mass is 367 g/mol. The highest BCUT2D eigenvalue weighted by atomic mass is 35.5. The van der Waals surface area contributed by atoms with Crippen molar-refractivity contribution >= 4 is 40.5 Å². The molecule has 0 radical (unpaired) electrons. The summed E-state index contributed by atoms with van der Waals surface area (Å²) in [7, 11) is 1.49. The van der Waals surface area contributed by atoms with E-state index in [9.17, 15) is 9.59 Å². The number of ether oxygens (including phenoxy) is 2. The highest BCUT2D eigenvalue weighted by Gasteiger charge is 2.20. The molecule has 0 bridgehead atoms. The summed E-state index contributed by atoms with van der Waals surface area (Å²) >= 11 is 7.51. The number of benzene rings is 1. The Morgan fingerprint density at radius 2 is 2.12 bits per heavy atom. The van der Waals surface area contributed by atoms with Crippen LogP contribution in [0.3, 0.4) is 0 Å². The van der Waals surface area contributed by atoms with E-state index in [2.05, 4.69) is 5.32 Å². The van der Waals surface area contributed by atoms with Gasteiger partial charge in [0.25, 0.3) is 5.91 Å². The Bertz CT molecular complexity index is 730. The van der Waals surface area contributed by atoms with Crippen LogP contribution in [0.5, 0.6) is 5.75 Å². The molecule has 0 fully saturated rings. The summed E-state index contributed by atoms with van der Waals surface area (Å²) in [6.07, 6.45) is -0.767. The lowest BCUT2D eigenvalue weighted by atomic mass is 10.2. The maximum atomic E-state index is 12.2. The van der Waals surface area contributed by atoms with Crippen molar-refractivity contribution in [3.63, 3.8) is 0 Å². The van der Waals surface area contributed by atoms with E-state index in [-0.39, 0.29) is 6.42 Å². The maximum Gasteiger partial charge on any atom is 0.311 e. The Hall–Kier alpha value is -2.05. The molecule has 2 aromatic rings. The summed E-state index contributed by atoms with van der Waals surface area (Å²) in [6.45, 7) is 3.35. The topological polar surface area (TPSA) is 64.6 Å². The van der Waals surface area contributed by atoms with Crippen LogP contribution in [-0.2, 0) is 20.7 Å². The lowest BCUT2D eigenvalue weighted by Gasteiger charge is -2.16. The minimum absolute atomic E-state index is 0.151. The molecule has 1 unspecified atom stereocenters. The van der Waals surface area contributed by atoms with Gasteiger partial charge in [0.05, 0.1) is 19.2 Å². The number of hydrogen-bond acceptors (Lipinski definition) is 5. The summed E-state index contributed by atoms with van der Waals surface area (Å²) < 4.78 is 10.4. The molecule has 7 heteroatoms. The van der Waals surface area contributed by atoms with Gasteiger partial charge in [-0.25, -0.2) is 0 Å². The molecule has 1 aromatic heterocycles. The van der Waals surface area contributed by atoms with E-state index in [1.54, 1.807) is 12.1 Å². The molecule has 128 valence electrons. The molecule has 1 N–H and O–H groups in total. The molecule has 0 aliphatic carbocycles. The van der Waals surface area contributed by atoms with Gasteiger partial charge in [-0.15, -0.1) is 11.3 Å². The number of carbonyl (C=O) groups is 2. The first kappa shape index (κ1) is 18.3. The van der Waals surface area contributed by atoms with Crippen molar-refractivity contribution in [1.82, 2.24) is 0 Å². The summed E-state index contributed by atoms with van der Waals surface area (Å²) in [5.41, 5.74) is 1.28. The second-order valence-corrected chi connectivity index (χ2v) is 6.62. The Morgan fingerprint density at radius 1 is 1.38 bits per heavy atom. The van der Waals surface area contributed by atoms with Crippen LogP contribution in [0.2, 0.25) is 5.02 Å². The second kappa shape index (κ2) is 8.17. The van der Waals surface area contributed by atoms with Crippen molar-refractivity contribution in [3.05, 3.63) is 45.1 Å². The lowest BCUT2D eigenvalue weighted by Crippen LogP contribution is -2.30. The first-order valence-corrected chi connectivity index (χ1v) is 8.53. The fourth-order valence-electron chi connectivity index (χ4n) is 2.01. The van der Waals surface area contributed by atoms with Crippen LogP contribution in [-0.4, -0.2) is 25.1 Å². The van der Waals surface area contributed by atoms with Crippen LogP contribution in [0.1, 0.15) is 17.4 Å². The number of hydrogen-bond donors (Lipinski definition) is 1. The van der Waals surface area contributed by atoms with Crippen molar-refractivity contribution in [2.75, 3.05) is 12.4 Å². The van der Waals surface area contributed by atoms with Crippen LogP contribution >= 0.6 is 22.9 Å². The van der Waals surface area contributed by atoms with E-state index in [1.807, 2.05) is 24.4 Å². The molecular formula is C17H18ClNO4S. The molecule has 0 saturated heterocycles. The number of rotatable bonds is 6. The summed E-state index contributed by atoms with van der Waals surface area (Å²) in [5.74, 6) is -0.440. The van der Waals surface area contributed by atoms with E-state index < -0.39 is 18.0 Å². The minimum atomic E-state index is -0.918. The zero-order valence-electron chi connectivity index (χ0n) is 13.6. The molecule has 24 heavy (non-hydrogen) atoms. The number of carbonyl (C=O) groups excluding carboxylic acids is 2. The number of aryl methyl sites for hydroxylation is 1. The van der Waals surface area contributed by atoms with Crippen molar-refractivity contribution in [1.29, 1.82) is 0 Å². The van der Waals surface area contributed by atoms with Crippen LogP contribution in [0.15, 0.2) is 29.6 Å². The van der Waals surface area contributed by atoms with Gasteiger partial charge in [0.1, 0.15) is 5.75 Å². The Labute approximate surface area is 149 Å².